The smallest absolute Gasteiger partial charge is 0.0159 e. The molecular formula is C71H44. The summed E-state index contributed by atoms with van der Waals surface area (Å²) in [4.78, 5) is 0. The second-order valence-corrected chi connectivity index (χ2v) is 20.6. The van der Waals surface area contributed by atoms with Crippen LogP contribution in [0.2, 0.25) is 0 Å². The van der Waals surface area contributed by atoms with Crippen molar-refractivity contribution in [2.75, 3.05) is 0 Å². The normalized spacial score (nSPS) is 13.9. The molecule has 12 aromatic rings. The van der Waals surface area contributed by atoms with Crippen molar-refractivity contribution in [2.24, 2.45) is 0 Å². The molecule has 0 aromatic heterocycles. The molecule has 71 heavy (non-hydrogen) atoms. The maximum Gasteiger partial charge on any atom is 0.0159 e. The largest absolute Gasteiger partial charge is 0.0984 e. The van der Waals surface area contributed by atoms with E-state index in [0.29, 0.717) is 0 Å². The molecule has 0 heterocycles. The lowest BCUT2D eigenvalue weighted by Gasteiger charge is -2.25. The van der Waals surface area contributed by atoms with Crippen molar-refractivity contribution in [3.63, 3.8) is 0 Å². The molecular weight excluding hydrogens is 853 g/mol. The first-order valence-electron chi connectivity index (χ1n) is 25.0. The third-order valence-corrected chi connectivity index (χ3v) is 17.1. The summed E-state index contributed by atoms with van der Waals surface area (Å²) in [7, 11) is 0. The molecule has 0 unspecified atom stereocenters. The van der Waals surface area contributed by atoms with E-state index in [-0.39, 0.29) is 5.41 Å². The molecule has 0 radical (unpaired) electrons. The molecule has 0 heteroatoms. The van der Waals surface area contributed by atoms with Gasteiger partial charge in [0.05, 0.1) is 0 Å². The molecule has 0 fully saturated rings. The van der Waals surface area contributed by atoms with Crippen LogP contribution in [-0.4, -0.2) is 0 Å². The number of hydrogen-bond acceptors (Lipinski definition) is 0. The van der Waals surface area contributed by atoms with Crippen molar-refractivity contribution in [3.05, 3.63) is 242 Å². The van der Waals surface area contributed by atoms with E-state index in [1.807, 2.05) is 12.2 Å². The topological polar surface area (TPSA) is 0 Å². The lowest BCUT2D eigenvalue weighted by Crippen LogP contribution is -2.14. The van der Waals surface area contributed by atoms with E-state index in [1.54, 1.807) is 0 Å². The predicted octanol–water partition coefficient (Wildman–Crippen LogP) is 19.7. The minimum atomic E-state index is -0.198. The van der Waals surface area contributed by atoms with E-state index in [2.05, 4.69) is 221 Å². The predicted molar refractivity (Wildman–Crippen MR) is 304 cm³/mol. The third-order valence-electron chi connectivity index (χ3n) is 17.1. The lowest BCUT2D eigenvalue weighted by atomic mass is 9.78. The summed E-state index contributed by atoms with van der Waals surface area (Å²) in [6.45, 7) is 13.4. The molecule has 328 valence electrons. The monoisotopic (exact) mass is 896 g/mol. The number of hydrogen-bond donors (Lipinski definition) is 0. The highest BCUT2D eigenvalue weighted by molar-refractivity contribution is 6.30. The third kappa shape index (κ3) is 4.85. The Balaban J connectivity index is 1.08. The van der Waals surface area contributed by atoms with Gasteiger partial charge >= 0.3 is 0 Å². The van der Waals surface area contributed by atoms with E-state index < -0.39 is 0 Å². The summed E-state index contributed by atoms with van der Waals surface area (Å²) in [6.07, 6.45) is 4.01. The van der Waals surface area contributed by atoms with Crippen molar-refractivity contribution < 1.29 is 0 Å². The molecule has 16 rings (SSSR count). The highest BCUT2D eigenvalue weighted by atomic mass is 14.4. The Morgan fingerprint density at radius 2 is 0.690 bits per heavy atom. The van der Waals surface area contributed by atoms with Gasteiger partial charge in [-0.15, -0.1) is 0 Å². The van der Waals surface area contributed by atoms with E-state index >= 15 is 0 Å². The fourth-order valence-electron chi connectivity index (χ4n) is 14.1. The van der Waals surface area contributed by atoms with Crippen molar-refractivity contribution in [1.82, 2.24) is 0 Å². The summed E-state index contributed by atoms with van der Waals surface area (Å²) in [6, 6.07) is 74.4. The number of allylic oxidation sites excluding steroid dienone is 4. The molecule has 0 amide bonds. The molecule has 4 aliphatic carbocycles. The highest BCUT2D eigenvalue weighted by Crippen LogP contribution is 2.58. The molecule has 0 bridgehead atoms. The Labute approximate surface area is 412 Å². The van der Waals surface area contributed by atoms with Crippen LogP contribution < -0.4 is 0 Å². The molecule has 0 atom stereocenters. The van der Waals surface area contributed by atoms with Crippen LogP contribution in [0.25, 0.3) is 154 Å². The van der Waals surface area contributed by atoms with Gasteiger partial charge < -0.3 is 0 Å². The lowest BCUT2D eigenvalue weighted by molar-refractivity contribution is 0.661. The molecule has 0 aliphatic heterocycles. The zero-order valence-electron chi connectivity index (χ0n) is 39.5. The van der Waals surface area contributed by atoms with Gasteiger partial charge in [-0.1, -0.05) is 215 Å². The Bertz CT molecular complexity index is 4480. The van der Waals surface area contributed by atoms with Gasteiger partial charge in [0.25, 0.3) is 0 Å². The SMILES string of the molecule is C=CC1=C(C=C)c2ccc(-c3c4ccc(-c5ccc6c7c(cccc57)-c5ccccc5-6)cc4c(-c4ccc5c6c(cccc46)-c4ccccc4-5)c4cc5c(cc34)-c3ccccc3C5(C)C)c3cccc1c23. The maximum atomic E-state index is 4.29. The second-order valence-electron chi connectivity index (χ2n) is 20.6. The van der Waals surface area contributed by atoms with Crippen LogP contribution in [0.1, 0.15) is 36.1 Å². The van der Waals surface area contributed by atoms with Crippen LogP contribution in [0, 0.1) is 0 Å². The van der Waals surface area contributed by atoms with Crippen LogP contribution in [0.5, 0.6) is 0 Å². The van der Waals surface area contributed by atoms with Gasteiger partial charge in [-0.2, -0.15) is 0 Å². The Morgan fingerprint density at radius 3 is 1.28 bits per heavy atom. The van der Waals surface area contributed by atoms with Crippen LogP contribution in [0.3, 0.4) is 0 Å². The van der Waals surface area contributed by atoms with Gasteiger partial charge in [0, 0.05) is 5.41 Å². The van der Waals surface area contributed by atoms with Crippen molar-refractivity contribution in [3.8, 4) is 89.0 Å². The minimum absolute atomic E-state index is 0.198. The van der Waals surface area contributed by atoms with Crippen molar-refractivity contribution in [2.45, 2.75) is 19.3 Å². The molecule has 0 saturated heterocycles. The van der Waals surface area contributed by atoms with Gasteiger partial charge in [0.1, 0.15) is 0 Å². The van der Waals surface area contributed by atoms with Crippen LogP contribution in [0.4, 0.5) is 0 Å². The second kappa shape index (κ2) is 13.7. The van der Waals surface area contributed by atoms with Gasteiger partial charge in [-0.25, -0.2) is 0 Å². The van der Waals surface area contributed by atoms with Crippen LogP contribution >= 0.6 is 0 Å². The molecule has 0 nitrogen and oxygen atoms in total. The summed E-state index contributed by atoms with van der Waals surface area (Å²) < 4.78 is 0. The Hall–Kier alpha value is -8.84. The summed E-state index contributed by atoms with van der Waals surface area (Å²) in [5, 5.41) is 12.8. The molecule has 4 aliphatic rings. The average molecular weight is 897 g/mol. The fraction of sp³-hybridized carbons (Fsp3) is 0.0423. The van der Waals surface area contributed by atoms with Gasteiger partial charge in [0.15, 0.2) is 0 Å². The fourth-order valence-corrected chi connectivity index (χ4v) is 14.1. The summed E-state index contributed by atoms with van der Waals surface area (Å²) in [5.74, 6) is 0. The van der Waals surface area contributed by atoms with Gasteiger partial charge in [0.2, 0.25) is 0 Å². The van der Waals surface area contributed by atoms with Gasteiger partial charge in [-0.3, -0.25) is 0 Å². The molecule has 0 N–H and O–H groups in total. The Morgan fingerprint density at radius 1 is 0.282 bits per heavy atom. The van der Waals surface area contributed by atoms with E-state index in [0.717, 1.165) is 11.1 Å². The first-order chi connectivity index (χ1) is 34.9. The van der Waals surface area contributed by atoms with Crippen LogP contribution in [-0.2, 0) is 5.41 Å². The van der Waals surface area contributed by atoms with E-state index in [1.165, 1.54) is 165 Å². The first kappa shape index (κ1) is 39.1. The highest BCUT2D eigenvalue weighted by Gasteiger charge is 2.37. The van der Waals surface area contributed by atoms with Crippen LogP contribution in [0.15, 0.2) is 219 Å². The zero-order valence-corrected chi connectivity index (χ0v) is 39.5. The zero-order chi connectivity index (χ0) is 47.0. The van der Waals surface area contributed by atoms with E-state index in [9.17, 15) is 0 Å². The summed E-state index contributed by atoms with van der Waals surface area (Å²) in [5.41, 5.74) is 27.9. The standard InChI is InChI=1S/C71H44/c1-5-40-41(6-2)54-32-34-57(52-25-13-21-48(40)66(52)54)69-59-29-28-39(42-30-31-55-45-18-9-7-16-43(45)50-23-14-22-49(42)67(50)55)36-61(59)70(63-38-65-60(37-62(63)69)47-20-11-12-27-64(47)71(65,3)4)58-35-33-56-46-19-10-8-17-44(46)51-24-15-26-53(58)68(51)56/h5-38H,1-2H2,3-4H3. The summed E-state index contributed by atoms with van der Waals surface area (Å²) >= 11 is 0. The first-order valence-corrected chi connectivity index (χ1v) is 25.0. The van der Waals surface area contributed by atoms with Gasteiger partial charge in [-0.05, 0) is 194 Å². The average Bonchev–Trinajstić information content (AvgIpc) is 4.11. The molecule has 12 aromatic carbocycles. The number of benzene rings is 12. The van der Waals surface area contributed by atoms with Crippen molar-refractivity contribution in [1.29, 1.82) is 0 Å². The molecule has 0 saturated carbocycles. The Kier molecular flexibility index (Phi) is 7.53. The minimum Gasteiger partial charge on any atom is -0.0984 e. The molecule has 0 spiro atoms. The quantitative estimate of drug-likeness (QED) is 0.151. The van der Waals surface area contributed by atoms with E-state index in [4.69, 9.17) is 0 Å². The maximum absolute atomic E-state index is 4.29. The number of rotatable bonds is 5. The van der Waals surface area contributed by atoms with Crippen molar-refractivity contribution >= 4 is 65.0 Å². The number of fused-ring (bicyclic) bond motifs is 11.